The number of imidazole rings is 1. The van der Waals surface area contributed by atoms with Crippen LogP contribution in [0.2, 0.25) is 5.02 Å². The van der Waals surface area contributed by atoms with Crippen molar-refractivity contribution in [3.05, 3.63) is 41.9 Å². The zero-order valence-corrected chi connectivity index (χ0v) is 11.6. The number of hydrogen-bond acceptors (Lipinski definition) is 4. The SMILES string of the molecule is COC(CNc1cccc(Cl)c1-n1ccnc1)OC. The quantitative estimate of drug-likeness (QED) is 0.827. The van der Waals surface area contributed by atoms with Gasteiger partial charge in [-0.25, -0.2) is 4.98 Å². The lowest BCUT2D eigenvalue weighted by molar-refractivity contribution is -0.0914. The monoisotopic (exact) mass is 281 g/mol. The van der Waals surface area contributed by atoms with Gasteiger partial charge in [0.25, 0.3) is 0 Å². The van der Waals surface area contributed by atoms with Gasteiger partial charge in [0.05, 0.1) is 29.3 Å². The van der Waals surface area contributed by atoms with Crippen LogP contribution in [0.25, 0.3) is 5.69 Å². The molecular weight excluding hydrogens is 266 g/mol. The van der Waals surface area contributed by atoms with Crippen molar-refractivity contribution in [3.63, 3.8) is 0 Å². The molecule has 0 unspecified atom stereocenters. The van der Waals surface area contributed by atoms with Crippen LogP contribution in [0.3, 0.4) is 0 Å². The molecule has 2 rings (SSSR count). The Morgan fingerprint density at radius 1 is 1.37 bits per heavy atom. The average Bonchev–Trinajstić information content (AvgIpc) is 2.93. The van der Waals surface area contributed by atoms with Crippen LogP contribution in [0.5, 0.6) is 0 Å². The van der Waals surface area contributed by atoms with Crippen molar-refractivity contribution in [3.8, 4) is 5.69 Å². The Bertz CT molecular complexity index is 513. The van der Waals surface area contributed by atoms with E-state index in [1.165, 1.54) is 0 Å². The molecule has 1 aromatic carbocycles. The largest absolute Gasteiger partial charge is 0.378 e. The Kier molecular flexibility index (Phi) is 4.79. The molecule has 0 saturated heterocycles. The second-order valence-electron chi connectivity index (χ2n) is 3.89. The molecule has 0 amide bonds. The van der Waals surface area contributed by atoms with Gasteiger partial charge in [0, 0.05) is 26.6 Å². The first-order chi connectivity index (χ1) is 9.26. The molecule has 1 heterocycles. The molecule has 2 aromatic rings. The summed E-state index contributed by atoms with van der Waals surface area (Å²) in [6.45, 7) is 0.523. The second kappa shape index (κ2) is 6.56. The number of para-hydroxylation sites is 1. The van der Waals surface area contributed by atoms with Gasteiger partial charge in [-0.15, -0.1) is 0 Å². The Hall–Kier alpha value is -1.56. The van der Waals surface area contributed by atoms with E-state index in [9.17, 15) is 0 Å². The first-order valence-corrected chi connectivity index (χ1v) is 6.20. The fourth-order valence-corrected chi connectivity index (χ4v) is 2.04. The molecule has 102 valence electrons. The molecule has 6 heteroatoms. The maximum Gasteiger partial charge on any atom is 0.173 e. The van der Waals surface area contributed by atoms with Crippen molar-refractivity contribution < 1.29 is 9.47 Å². The molecule has 0 radical (unpaired) electrons. The fourth-order valence-electron chi connectivity index (χ4n) is 1.77. The lowest BCUT2D eigenvalue weighted by atomic mass is 10.2. The molecule has 1 N–H and O–H groups in total. The predicted molar refractivity (Wildman–Crippen MR) is 74.9 cm³/mol. The molecule has 0 saturated carbocycles. The first-order valence-electron chi connectivity index (χ1n) is 5.82. The molecule has 0 fully saturated rings. The van der Waals surface area contributed by atoms with Crippen LogP contribution in [-0.2, 0) is 9.47 Å². The van der Waals surface area contributed by atoms with Gasteiger partial charge in [0.1, 0.15) is 0 Å². The Morgan fingerprint density at radius 3 is 2.79 bits per heavy atom. The van der Waals surface area contributed by atoms with Crippen LogP contribution >= 0.6 is 11.6 Å². The number of rotatable bonds is 6. The van der Waals surface area contributed by atoms with Gasteiger partial charge < -0.3 is 19.4 Å². The molecule has 0 bridgehead atoms. The van der Waals surface area contributed by atoms with Crippen LogP contribution in [0.1, 0.15) is 0 Å². The van der Waals surface area contributed by atoms with E-state index in [1.54, 1.807) is 26.7 Å². The summed E-state index contributed by atoms with van der Waals surface area (Å²) in [7, 11) is 3.20. The van der Waals surface area contributed by atoms with E-state index in [0.29, 0.717) is 11.6 Å². The maximum absolute atomic E-state index is 6.25. The Labute approximate surface area is 117 Å². The maximum atomic E-state index is 6.25. The highest BCUT2D eigenvalue weighted by atomic mass is 35.5. The zero-order chi connectivity index (χ0) is 13.7. The van der Waals surface area contributed by atoms with Crippen LogP contribution in [0, 0.1) is 0 Å². The summed E-state index contributed by atoms with van der Waals surface area (Å²) in [5.41, 5.74) is 1.75. The van der Waals surface area contributed by atoms with Gasteiger partial charge in [-0.05, 0) is 12.1 Å². The van der Waals surface area contributed by atoms with E-state index in [-0.39, 0.29) is 6.29 Å². The summed E-state index contributed by atoms with van der Waals surface area (Å²) in [6, 6.07) is 5.68. The van der Waals surface area contributed by atoms with Crippen LogP contribution in [-0.4, -0.2) is 36.6 Å². The highest BCUT2D eigenvalue weighted by Crippen LogP contribution is 2.28. The number of nitrogens with zero attached hydrogens (tertiary/aromatic N) is 2. The number of anilines is 1. The van der Waals surface area contributed by atoms with Crippen molar-refractivity contribution in [1.29, 1.82) is 0 Å². The summed E-state index contributed by atoms with van der Waals surface area (Å²) >= 11 is 6.25. The van der Waals surface area contributed by atoms with E-state index < -0.39 is 0 Å². The summed E-state index contributed by atoms with van der Waals surface area (Å²) in [5.74, 6) is 0. The van der Waals surface area contributed by atoms with Gasteiger partial charge in [0.15, 0.2) is 6.29 Å². The number of aromatic nitrogens is 2. The number of ether oxygens (including phenoxy) is 2. The molecule has 19 heavy (non-hydrogen) atoms. The zero-order valence-electron chi connectivity index (χ0n) is 10.8. The highest BCUT2D eigenvalue weighted by molar-refractivity contribution is 6.33. The van der Waals surface area contributed by atoms with Gasteiger partial charge in [0.2, 0.25) is 0 Å². The molecule has 0 aliphatic rings. The van der Waals surface area contributed by atoms with E-state index in [0.717, 1.165) is 11.4 Å². The third kappa shape index (κ3) is 3.26. The van der Waals surface area contributed by atoms with E-state index >= 15 is 0 Å². The van der Waals surface area contributed by atoms with Gasteiger partial charge in [-0.2, -0.15) is 0 Å². The van der Waals surface area contributed by atoms with E-state index in [2.05, 4.69) is 10.3 Å². The molecule has 0 spiro atoms. The van der Waals surface area contributed by atoms with Crippen molar-refractivity contribution in [1.82, 2.24) is 9.55 Å². The highest BCUT2D eigenvalue weighted by Gasteiger charge is 2.11. The smallest absolute Gasteiger partial charge is 0.173 e. The Balaban J connectivity index is 2.23. The molecule has 5 nitrogen and oxygen atoms in total. The van der Waals surface area contributed by atoms with E-state index in [4.69, 9.17) is 21.1 Å². The summed E-state index contributed by atoms with van der Waals surface area (Å²) < 4.78 is 12.2. The van der Waals surface area contributed by atoms with Crippen molar-refractivity contribution in [2.75, 3.05) is 26.1 Å². The van der Waals surface area contributed by atoms with Gasteiger partial charge >= 0.3 is 0 Å². The minimum absolute atomic E-state index is 0.311. The third-order valence-corrected chi connectivity index (χ3v) is 3.04. The lowest BCUT2D eigenvalue weighted by Gasteiger charge is -2.18. The van der Waals surface area contributed by atoms with Gasteiger partial charge in [-0.3, -0.25) is 0 Å². The van der Waals surface area contributed by atoms with Crippen LogP contribution in [0.4, 0.5) is 5.69 Å². The number of nitrogens with one attached hydrogen (secondary N) is 1. The second-order valence-corrected chi connectivity index (χ2v) is 4.30. The number of methoxy groups -OCH3 is 2. The molecule has 0 atom stereocenters. The normalized spacial score (nSPS) is 10.9. The van der Waals surface area contributed by atoms with Crippen LogP contribution in [0.15, 0.2) is 36.9 Å². The summed E-state index contributed by atoms with van der Waals surface area (Å²) in [6.07, 6.45) is 4.95. The number of halogens is 1. The van der Waals surface area contributed by atoms with Crippen molar-refractivity contribution in [2.24, 2.45) is 0 Å². The fraction of sp³-hybridized carbons (Fsp3) is 0.308. The minimum atomic E-state index is -0.311. The summed E-state index contributed by atoms with van der Waals surface area (Å²) in [5, 5.41) is 3.91. The number of hydrogen-bond donors (Lipinski definition) is 1. The van der Waals surface area contributed by atoms with Crippen molar-refractivity contribution >= 4 is 17.3 Å². The standard InChI is InChI=1S/C13H16ClN3O2/c1-18-12(19-2)8-16-11-5-3-4-10(14)13(11)17-7-6-15-9-17/h3-7,9,12,16H,8H2,1-2H3. The number of benzene rings is 1. The predicted octanol–water partition coefficient (Wildman–Crippen LogP) is 2.56. The first kappa shape index (κ1) is 13.9. The molecule has 0 aliphatic heterocycles. The summed E-state index contributed by atoms with van der Waals surface area (Å²) in [4.78, 5) is 4.04. The van der Waals surface area contributed by atoms with Crippen molar-refractivity contribution in [2.45, 2.75) is 6.29 Å². The topological polar surface area (TPSA) is 48.3 Å². The molecule has 1 aromatic heterocycles. The van der Waals surface area contributed by atoms with Crippen LogP contribution < -0.4 is 5.32 Å². The Morgan fingerprint density at radius 2 is 2.16 bits per heavy atom. The minimum Gasteiger partial charge on any atom is -0.378 e. The van der Waals surface area contributed by atoms with E-state index in [1.807, 2.05) is 29.0 Å². The van der Waals surface area contributed by atoms with Gasteiger partial charge in [-0.1, -0.05) is 17.7 Å². The lowest BCUT2D eigenvalue weighted by Crippen LogP contribution is -2.24. The average molecular weight is 282 g/mol. The third-order valence-electron chi connectivity index (χ3n) is 2.73. The molecule has 0 aliphatic carbocycles. The molecular formula is C13H16ClN3O2.